The van der Waals surface area contributed by atoms with E-state index in [0.29, 0.717) is 16.5 Å². The smallest absolute Gasteiger partial charge is 0.332 e. The first-order chi connectivity index (χ1) is 12.0. The van der Waals surface area contributed by atoms with Crippen LogP contribution in [-0.2, 0) is 9.53 Å². The summed E-state index contributed by atoms with van der Waals surface area (Å²) in [6, 6.07) is 8.92. The lowest BCUT2D eigenvalue weighted by Crippen LogP contribution is -2.36. The SMILES string of the molecule is CCOC(=O)C=CN1C(=O)c2cccc3c(N(C)C)ccc(c23)C1=O. The highest BCUT2D eigenvalue weighted by Crippen LogP contribution is 2.35. The Morgan fingerprint density at radius 3 is 2.44 bits per heavy atom. The Kier molecular flexibility index (Phi) is 4.27. The molecule has 0 bridgehead atoms. The van der Waals surface area contributed by atoms with Gasteiger partial charge in [-0.15, -0.1) is 0 Å². The summed E-state index contributed by atoms with van der Waals surface area (Å²) < 4.78 is 4.79. The van der Waals surface area contributed by atoms with Crippen LogP contribution in [0.4, 0.5) is 5.69 Å². The van der Waals surface area contributed by atoms with Gasteiger partial charge in [0.1, 0.15) is 0 Å². The van der Waals surface area contributed by atoms with Crippen molar-refractivity contribution in [2.45, 2.75) is 6.92 Å². The molecule has 0 N–H and O–H groups in total. The molecule has 0 unspecified atom stereocenters. The molecule has 2 aromatic carbocycles. The third-order valence-corrected chi connectivity index (χ3v) is 4.04. The summed E-state index contributed by atoms with van der Waals surface area (Å²) in [5, 5.41) is 1.49. The molecular formula is C19H18N2O4. The predicted octanol–water partition coefficient (Wildman–Crippen LogP) is 2.58. The first-order valence-corrected chi connectivity index (χ1v) is 7.91. The molecule has 0 saturated carbocycles. The summed E-state index contributed by atoms with van der Waals surface area (Å²) in [4.78, 5) is 39.9. The molecule has 2 amide bonds. The van der Waals surface area contributed by atoms with Gasteiger partial charge in [0.2, 0.25) is 0 Å². The molecule has 6 heteroatoms. The number of rotatable bonds is 4. The highest BCUT2D eigenvalue weighted by Gasteiger charge is 2.32. The molecule has 1 aliphatic rings. The second-order valence-corrected chi connectivity index (χ2v) is 5.80. The van der Waals surface area contributed by atoms with Crippen LogP contribution in [0.1, 0.15) is 27.6 Å². The van der Waals surface area contributed by atoms with Gasteiger partial charge in [-0.25, -0.2) is 9.69 Å². The van der Waals surface area contributed by atoms with E-state index in [1.54, 1.807) is 25.1 Å². The number of carbonyl (C=O) groups excluding carboxylic acids is 3. The number of hydrogen-bond donors (Lipinski definition) is 0. The molecular weight excluding hydrogens is 320 g/mol. The van der Waals surface area contributed by atoms with Crippen LogP contribution in [0.5, 0.6) is 0 Å². The fourth-order valence-electron chi connectivity index (χ4n) is 2.95. The molecule has 6 nitrogen and oxygen atoms in total. The zero-order valence-electron chi connectivity index (χ0n) is 14.3. The predicted molar refractivity (Wildman–Crippen MR) is 94.5 cm³/mol. The Bertz CT molecular complexity index is 893. The third kappa shape index (κ3) is 2.76. The number of imide groups is 1. The minimum absolute atomic E-state index is 0.223. The molecule has 0 atom stereocenters. The summed E-state index contributed by atoms with van der Waals surface area (Å²) in [5.41, 5.74) is 1.80. The molecule has 2 aromatic rings. The number of benzene rings is 2. The molecule has 3 rings (SSSR count). The lowest BCUT2D eigenvalue weighted by atomic mass is 9.93. The van der Waals surface area contributed by atoms with Crippen LogP contribution in [-0.4, -0.2) is 43.4 Å². The molecule has 0 fully saturated rings. The van der Waals surface area contributed by atoms with Crippen LogP contribution in [0.25, 0.3) is 10.8 Å². The molecule has 1 heterocycles. The maximum absolute atomic E-state index is 12.8. The number of hydrogen-bond acceptors (Lipinski definition) is 5. The van der Waals surface area contributed by atoms with Crippen molar-refractivity contribution in [2.75, 3.05) is 25.6 Å². The first-order valence-electron chi connectivity index (χ1n) is 7.91. The maximum Gasteiger partial charge on any atom is 0.332 e. The van der Waals surface area contributed by atoms with E-state index in [-0.39, 0.29) is 6.61 Å². The Morgan fingerprint density at radius 1 is 1.12 bits per heavy atom. The van der Waals surface area contributed by atoms with Gasteiger partial charge >= 0.3 is 5.97 Å². The van der Waals surface area contributed by atoms with Gasteiger partial charge in [0.05, 0.1) is 6.61 Å². The van der Waals surface area contributed by atoms with Gasteiger partial charge in [-0.05, 0) is 25.1 Å². The van der Waals surface area contributed by atoms with Gasteiger partial charge in [0.25, 0.3) is 11.8 Å². The average Bonchev–Trinajstić information content (AvgIpc) is 2.59. The van der Waals surface area contributed by atoms with E-state index in [1.807, 2.05) is 31.1 Å². The van der Waals surface area contributed by atoms with Crippen LogP contribution in [0, 0.1) is 0 Å². The van der Waals surface area contributed by atoms with E-state index in [9.17, 15) is 14.4 Å². The van der Waals surface area contributed by atoms with Crippen molar-refractivity contribution in [1.29, 1.82) is 0 Å². The van der Waals surface area contributed by atoms with Crippen LogP contribution >= 0.6 is 0 Å². The molecule has 0 spiro atoms. The van der Waals surface area contributed by atoms with Gasteiger partial charge in [-0.2, -0.15) is 0 Å². The van der Waals surface area contributed by atoms with Gasteiger partial charge in [0, 0.05) is 54.0 Å². The topological polar surface area (TPSA) is 66.9 Å². The summed E-state index contributed by atoms with van der Waals surface area (Å²) >= 11 is 0. The first kappa shape index (κ1) is 16.7. The van der Waals surface area contributed by atoms with Gasteiger partial charge in [0.15, 0.2) is 0 Å². The summed E-state index contributed by atoms with van der Waals surface area (Å²) in [6.07, 6.45) is 2.25. The number of anilines is 1. The van der Waals surface area contributed by atoms with Crippen molar-refractivity contribution in [1.82, 2.24) is 4.90 Å². The summed E-state index contributed by atoms with van der Waals surface area (Å²) in [5.74, 6) is -1.52. The van der Waals surface area contributed by atoms with E-state index < -0.39 is 17.8 Å². The van der Waals surface area contributed by atoms with Crippen LogP contribution in [0.15, 0.2) is 42.6 Å². The van der Waals surface area contributed by atoms with Crippen molar-refractivity contribution in [3.63, 3.8) is 0 Å². The van der Waals surface area contributed by atoms with Gasteiger partial charge in [-0.3, -0.25) is 9.59 Å². The van der Waals surface area contributed by atoms with Crippen LogP contribution in [0.3, 0.4) is 0 Å². The Morgan fingerprint density at radius 2 is 1.80 bits per heavy atom. The highest BCUT2D eigenvalue weighted by molar-refractivity contribution is 6.27. The Hall–Kier alpha value is -3.15. The average molecular weight is 338 g/mol. The van der Waals surface area contributed by atoms with E-state index in [4.69, 9.17) is 4.74 Å². The van der Waals surface area contributed by atoms with Crippen molar-refractivity contribution in [2.24, 2.45) is 0 Å². The highest BCUT2D eigenvalue weighted by atomic mass is 16.5. The summed E-state index contributed by atoms with van der Waals surface area (Å²) in [7, 11) is 3.82. The number of amides is 2. The van der Waals surface area contributed by atoms with E-state index >= 15 is 0 Å². The van der Waals surface area contributed by atoms with Crippen LogP contribution < -0.4 is 4.90 Å². The third-order valence-electron chi connectivity index (χ3n) is 4.04. The lowest BCUT2D eigenvalue weighted by molar-refractivity contribution is -0.137. The molecule has 1 aliphatic heterocycles. The van der Waals surface area contributed by atoms with E-state index in [0.717, 1.165) is 22.0 Å². The Balaban J connectivity index is 2.12. The zero-order valence-corrected chi connectivity index (χ0v) is 14.3. The second kappa shape index (κ2) is 6.39. The molecule has 0 aliphatic carbocycles. The molecule has 0 radical (unpaired) electrons. The quantitative estimate of drug-likeness (QED) is 0.487. The number of carbonyl (C=O) groups is 3. The zero-order chi connectivity index (χ0) is 18.1. The van der Waals surface area contributed by atoms with Crippen molar-refractivity contribution in [3.8, 4) is 0 Å². The number of nitrogens with zero attached hydrogens (tertiary/aromatic N) is 2. The van der Waals surface area contributed by atoms with Gasteiger partial charge in [-0.1, -0.05) is 12.1 Å². The molecule has 128 valence electrons. The minimum Gasteiger partial charge on any atom is -0.463 e. The largest absolute Gasteiger partial charge is 0.463 e. The summed E-state index contributed by atoms with van der Waals surface area (Å²) in [6.45, 7) is 1.91. The van der Waals surface area contributed by atoms with E-state index in [1.165, 1.54) is 6.20 Å². The normalized spacial score (nSPS) is 13.6. The van der Waals surface area contributed by atoms with E-state index in [2.05, 4.69) is 0 Å². The minimum atomic E-state index is -0.602. The standard InChI is InChI=1S/C19H18N2O4/c1-4-25-16(22)10-11-21-18(23)13-7-5-6-12-15(20(2)3)9-8-14(17(12)13)19(21)24/h5-11H,4H2,1-3H3. The fraction of sp³-hybridized carbons (Fsp3) is 0.211. The monoisotopic (exact) mass is 338 g/mol. The van der Waals surface area contributed by atoms with Crippen molar-refractivity contribution < 1.29 is 19.1 Å². The number of ether oxygens (including phenoxy) is 1. The van der Waals surface area contributed by atoms with Crippen molar-refractivity contribution >= 4 is 34.2 Å². The van der Waals surface area contributed by atoms with Gasteiger partial charge < -0.3 is 9.64 Å². The molecule has 25 heavy (non-hydrogen) atoms. The molecule has 0 aromatic heterocycles. The second-order valence-electron chi connectivity index (χ2n) is 5.80. The maximum atomic E-state index is 12.8. The van der Waals surface area contributed by atoms with Crippen molar-refractivity contribution in [3.05, 3.63) is 53.7 Å². The number of esters is 1. The molecule has 0 saturated heterocycles. The Labute approximate surface area is 145 Å². The lowest BCUT2D eigenvalue weighted by Gasteiger charge is -2.26. The van der Waals surface area contributed by atoms with Crippen LogP contribution in [0.2, 0.25) is 0 Å². The fourth-order valence-corrected chi connectivity index (χ4v) is 2.95.